The summed E-state index contributed by atoms with van der Waals surface area (Å²) in [7, 11) is 1.63. The second-order valence-corrected chi connectivity index (χ2v) is 7.63. The first-order valence-electron chi connectivity index (χ1n) is 10.1. The first-order valence-corrected chi connectivity index (χ1v) is 10.5. The fourth-order valence-electron chi connectivity index (χ4n) is 3.18. The normalized spacial score (nSPS) is 10.6. The van der Waals surface area contributed by atoms with Gasteiger partial charge in [-0.05, 0) is 48.0 Å². The van der Waals surface area contributed by atoms with Gasteiger partial charge in [-0.2, -0.15) is 5.10 Å². The van der Waals surface area contributed by atoms with Crippen molar-refractivity contribution in [3.8, 4) is 5.75 Å². The highest BCUT2D eigenvalue weighted by Crippen LogP contribution is 2.20. The third-order valence-electron chi connectivity index (χ3n) is 4.80. The fourth-order valence-corrected chi connectivity index (χ4v) is 3.36. The van der Waals surface area contributed by atoms with Crippen LogP contribution in [0.1, 0.15) is 32.2 Å². The molecule has 2 aromatic heterocycles. The maximum atomic E-state index is 12.9. The molecule has 0 atom stereocenters. The van der Waals surface area contributed by atoms with Crippen LogP contribution in [0.4, 0.5) is 5.69 Å². The van der Waals surface area contributed by atoms with Gasteiger partial charge >= 0.3 is 0 Å². The first-order chi connectivity index (χ1) is 16.0. The van der Waals surface area contributed by atoms with E-state index in [9.17, 15) is 9.59 Å². The van der Waals surface area contributed by atoms with Gasteiger partial charge in [0, 0.05) is 17.6 Å². The molecule has 0 aliphatic carbocycles. The lowest BCUT2D eigenvalue weighted by atomic mass is 10.1. The van der Waals surface area contributed by atoms with Crippen molar-refractivity contribution in [1.82, 2.24) is 15.1 Å². The number of nitrogens with one attached hydrogen (secondary N) is 2. The molecule has 4 rings (SSSR count). The second-order valence-electron chi connectivity index (χ2n) is 7.19. The third kappa shape index (κ3) is 5.61. The van der Waals surface area contributed by atoms with E-state index in [2.05, 4.69) is 15.7 Å². The van der Waals surface area contributed by atoms with E-state index in [1.165, 1.54) is 17.1 Å². The van der Waals surface area contributed by atoms with Gasteiger partial charge < -0.3 is 19.8 Å². The number of benzene rings is 2. The number of carbonyl (C=O) groups excluding carboxylic acids is 2. The molecule has 2 amide bonds. The Bertz CT molecular complexity index is 1270. The third-order valence-corrected chi connectivity index (χ3v) is 5.03. The number of aromatic nitrogens is 2. The molecule has 2 heterocycles. The summed E-state index contributed by atoms with van der Waals surface area (Å²) in [6.07, 6.45) is 2.97. The number of furan rings is 1. The molecule has 9 heteroatoms. The summed E-state index contributed by atoms with van der Waals surface area (Å²) in [4.78, 5) is 25.5. The van der Waals surface area contributed by atoms with Crippen molar-refractivity contribution < 1.29 is 18.7 Å². The Hall–Kier alpha value is -4.04. The molecule has 8 nitrogen and oxygen atoms in total. The van der Waals surface area contributed by atoms with E-state index in [1.54, 1.807) is 55.6 Å². The summed E-state index contributed by atoms with van der Waals surface area (Å²) >= 11 is 5.98. The molecular formula is C24H21ClN4O4. The van der Waals surface area contributed by atoms with Crippen molar-refractivity contribution in [3.63, 3.8) is 0 Å². The average molecular weight is 465 g/mol. The smallest absolute Gasteiger partial charge is 0.272 e. The average Bonchev–Trinajstić information content (AvgIpc) is 3.46. The van der Waals surface area contributed by atoms with Gasteiger partial charge in [-0.3, -0.25) is 14.3 Å². The Labute approximate surface area is 195 Å². The van der Waals surface area contributed by atoms with Crippen LogP contribution in [-0.4, -0.2) is 21.6 Å². The maximum Gasteiger partial charge on any atom is 0.272 e. The summed E-state index contributed by atoms with van der Waals surface area (Å²) in [5.41, 5.74) is 1.77. The standard InChI is InChI=1S/C24H21ClN4O4/c1-29-22(24(31)26-13-20-9-4-10-32-20)21(14-27-29)28-23(30)17-6-2-5-16(11-17)15-33-19-8-3-7-18(25)12-19/h2-12,14H,13,15H2,1H3,(H,26,31)(H,28,30). The van der Waals surface area contributed by atoms with Gasteiger partial charge in [0.15, 0.2) is 0 Å². The van der Waals surface area contributed by atoms with Crippen LogP contribution in [0.3, 0.4) is 0 Å². The SMILES string of the molecule is Cn1ncc(NC(=O)c2cccc(COc3cccc(Cl)c3)c2)c1C(=O)NCc1ccco1. The number of hydrogen-bond donors (Lipinski definition) is 2. The van der Waals surface area contributed by atoms with Gasteiger partial charge in [-0.25, -0.2) is 0 Å². The van der Waals surface area contributed by atoms with Gasteiger partial charge in [0.25, 0.3) is 11.8 Å². The van der Waals surface area contributed by atoms with E-state index in [4.69, 9.17) is 20.8 Å². The minimum absolute atomic E-state index is 0.221. The Morgan fingerprint density at radius 1 is 1.09 bits per heavy atom. The number of halogens is 1. The lowest BCUT2D eigenvalue weighted by molar-refractivity contribution is 0.0939. The van der Waals surface area contributed by atoms with Crippen LogP contribution in [0.2, 0.25) is 5.02 Å². The molecule has 2 N–H and O–H groups in total. The number of hydrogen-bond acceptors (Lipinski definition) is 5. The minimum atomic E-state index is -0.384. The largest absolute Gasteiger partial charge is 0.489 e. The van der Waals surface area contributed by atoms with Crippen molar-refractivity contribution >= 4 is 29.1 Å². The zero-order valence-corrected chi connectivity index (χ0v) is 18.5. The highest BCUT2D eigenvalue weighted by molar-refractivity contribution is 6.30. The number of anilines is 1. The highest BCUT2D eigenvalue weighted by Gasteiger charge is 2.19. The fraction of sp³-hybridized carbons (Fsp3) is 0.125. The highest BCUT2D eigenvalue weighted by atomic mass is 35.5. The lowest BCUT2D eigenvalue weighted by Crippen LogP contribution is -2.26. The van der Waals surface area contributed by atoms with Crippen LogP contribution in [0.25, 0.3) is 0 Å². The molecule has 4 aromatic rings. The van der Waals surface area contributed by atoms with E-state index in [0.29, 0.717) is 27.8 Å². The minimum Gasteiger partial charge on any atom is -0.489 e. The Balaban J connectivity index is 1.42. The summed E-state index contributed by atoms with van der Waals surface area (Å²) < 4.78 is 12.4. The number of aryl methyl sites for hydroxylation is 1. The van der Waals surface area contributed by atoms with Crippen LogP contribution < -0.4 is 15.4 Å². The Kier molecular flexibility index (Phi) is 6.75. The first kappa shape index (κ1) is 22.2. The van der Waals surface area contributed by atoms with Gasteiger partial charge in [0.1, 0.15) is 23.8 Å². The van der Waals surface area contributed by atoms with Gasteiger partial charge in [-0.15, -0.1) is 0 Å². The molecular weight excluding hydrogens is 444 g/mol. The quantitative estimate of drug-likeness (QED) is 0.402. The van der Waals surface area contributed by atoms with E-state index in [-0.39, 0.29) is 30.7 Å². The van der Waals surface area contributed by atoms with Crippen LogP contribution in [-0.2, 0) is 20.2 Å². The number of amides is 2. The van der Waals surface area contributed by atoms with Crippen molar-refractivity contribution in [1.29, 1.82) is 0 Å². The van der Waals surface area contributed by atoms with Crippen molar-refractivity contribution in [2.75, 3.05) is 5.32 Å². The lowest BCUT2D eigenvalue weighted by Gasteiger charge is -2.10. The second kappa shape index (κ2) is 10.1. The number of nitrogens with zero attached hydrogens (tertiary/aromatic N) is 2. The summed E-state index contributed by atoms with van der Waals surface area (Å²) in [6.45, 7) is 0.494. The van der Waals surface area contributed by atoms with Gasteiger partial charge in [0.2, 0.25) is 0 Å². The van der Waals surface area contributed by atoms with Crippen LogP contribution in [0, 0.1) is 0 Å². The molecule has 168 valence electrons. The summed E-state index contributed by atoms with van der Waals surface area (Å²) in [5.74, 6) is 0.504. The van der Waals surface area contributed by atoms with Crippen molar-refractivity contribution in [3.05, 3.63) is 101 Å². The van der Waals surface area contributed by atoms with E-state index in [1.807, 2.05) is 12.1 Å². The molecule has 0 unspecified atom stereocenters. The van der Waals surface area contributed by atoms with E-state index in [0.717, 1.165) is 5.56 Å². The predicted molar refractivity (Wildman–Crippen MR) is 123 cm³/mol. The van der Waals surface area contributed by atoms with E-state index >= 15 is 0 Å². The Morgan fingerprint density at radius 3 is 2.73 bits per heavy atom. The monoisotopic (exact) mass is 464 g/mol. The van der Waals surface area contributed by atoms with Gasteiger partial charge in [0.05, 0.1) is 24.7 Å². The summed E-state index contributed by atoms with van der Waals surface area (Å²) in [5, 5.41) is 10.2. The molecule has 0 radical (unpaired) electrons. The summed E-state index contributed by atoms with van der Waals surface area (Å²) in [6, 6.07) is 17.6. The van der Waals surface area contributed by atoms with E-state index < -0.39 is 0 Å². The zero-order valence-electron chi connectivity index (χ0n) is 17.7. The van der Waals surface area contributed by atoms with Gasteiger partial charge in [-0.1, -0.05) is 29.8 Å². The van der Waals surface area contributed by atoms with Crippen molar-refractivity contribution in [2.45, 2.75) is 13.2 Å². The zero-order chi connectivity index (χ0) is 23.2. The molecule has 0 aliphatic heterocycles. The van der Waals surface area contributed by atoms with Crippen LogP contribution >= 0.6 is 11.6 Å². The molecule has 2 aromatic carbocycles. The number of carbonyl (C=O) groups is 2. The molecule has 0 saturated carbocycles. The molecule has 0 bridgehead atoms. The number of ether oxygens (including phenoxy) is 1. The topological polar surface area (TPSA) is 98.4 Å². The Morgan fingerprint density at radius 2 is 1.94 bits per heavy atom. The molecule has 0 spiro atoms. The van der Waals surface area contributed by atoms with Crippen molar-refractivity contribution in [2.24, 2.45) is 7.05 Å². The van der Waals surface area contributed by atoms with Crippen LogP contribution in [0.5, 0.6) is 5.75 Å². The molecule has 33 heavy (non-hydrogen) atoms. The van der Waals surface area contributed by atoms with Crippen LogP contribution in [0.15, 0.2) is 77.5 Å². The maximum absolute atomic E-state index is 12.9. The molecule has 0 aliphatic rings. The predicted octanol–water partition coefficient (Wildman–Crippen LogP) is 4.43. The number of rotatable bonds is 8. The molecule has 0 saturated heterocycles. The molecule has 0 fully saturated rings.